The van der Waals surface area contributed by atoms with Crippen LogP contribution in [-0.2, 0) is 17.4 Å². The Bertz CT molecular complexity index is 160. The molecule has 17 heavy (non-hydrogen) atoms. The van der Waals surface area contributed by atoms with Gasteiger partial charge in [-0.2, -0.15) is 0 Å². The lowest BCUT2D eigenvalue weighted by atomic mass is 10.4. The van der Waals surface area contributed by atoms with Gasteiger partial charge in [0.25, 0.3) is 0 Å². The van der Waals surface area contributed by atoms with Gasteiger partial charge in [-0.05, 0) is 27.2 Å². The zero-order valence-corrected chi connectivity index (χ0v) is 16.4. The van der Waals surface area contributed by atoms with E-state index in [0.717, 1.165) is 23.3 Å². The van der Waals surface area contributed by atoms with E-state index < -0.39 is 18.6 Å². The zero-order valence-electron chi connectivity index (χ0n) is 12.0. The van der Waals surface area contributed by atoms with E-state index in [9.17, 15) is 0 Å². The van der Waals surface area contributed by atoms with E-state index in [0.29, 0.717) is 25.0 Å². The second-order valence-corrected chi connectivity index (χ2v) is 11.2. The van der Waals surface area contributed by atoms with Crippen LogP contribution < -0.4 is 0 Å². The van der Waals surface area contributed by atoms with Crippen LogP contribution in [0.15, 0.2) is 0 Å². The maximum absolute atomic E-state index is 5.94. The third-order valence-corrected chi connectivity index (χ3v) is 10.0. The van der Waals surface area contributed by atoms with E-state index in [1.165, 1.54) is 0 Å². The molecular formula is C10H28O4Si3. The van der Waals surface area contributed by atoms with E-state index in [1.54, 1.807) is 0 Å². The van der Waals surface area contributed by atoms with Crippen LogP contribution in [0, 0.1) is 0 Å². The molecule has 0 heterocycles. The number of hydrogen-bond donors (Lipinski definition) is 0. The highest BCUT2D eigenvalue weighted by Crippen LogP contribution is 2.29. The van der Waals surface area contributed by atoms with Crippen molar-refractivity contribution < 1.29 is 17.4 Å². The Balaban J connectivity index is 4.87. The van der Waals surface area contributed by atoms with Crippen molar-refractivity contribution >= 4 is 29.1 Å². The minimum absolute atomic E-state index is 0.407. The second-order valence-electron chi connectivity index (χ2n) is 3.84. The van der Waals surface area contributed by atoms with Crippen molar-refractivity contribution in [2.24, 2.45) is 0 Å². The third kappa shape index (κ3) is 5.77. The van der Waals surface area contributed by atoms with Crippen molar-refractivity contribution in [3.05, 3.63) is 0 Å². The lowest BCUT2D eigenvalue weighted by molar-refractivity contribution is 0.0663. The molecule has 0 N–H and O–H groups in total. The first-order valence-electron chi connectivity index (χ1n) is 6.61. The third-order valence-electron chi connectivity index (χ3n) is 2.54. The van der Waals surface area contributed by atoms with Crippen LogP contribution in [0.3, 0.4) is 0 Å². The first kappa shape index (κ1) is 17.5. The molecule has 1 atom stereocenters. The van der Waals surface area contributed by atoms with Crippen LogP contribution in [-0.4, -0.2) is 48.9 Å². The Hall–Kier alpha value is 0.491. The van der Waals surface area contributed by atoms with Crippen LogP contribution in [0.25, 0.3) is 0 Å². The Morgan fingerprint density at radius 2 is 1.47 bits per heavy atom. The molecule has 0 aromatic heterocycles. The van der Waals surface area contributed by atoms with Crippen molar-refractivity contribution in [3.63, 3.8) is 0 Å². The van der Waals surface area contributed by atoms with Gasteiger partial charge in [0.2, 0.25) is 0 Å². The van der Waals surface area contributed by atoms with Crippen molar-refractivity contribution in [2.75, 3.05) is 19.8 Å². The van der Waals surface area contributed by atoms with Crippen molar-refractivity contribution in [1.29, 1.82) is 0 Å². The summed E-state index contributed by atoms with van der Waals surface area (Å²) in [5.74, 6) is 0. The summed E-state index contributed by atoms with van der Waals surface area (Å²) in [7, 11) is -2.29. The molecule has 0 amide bonds. The molecule has 7 heteroatoms. The Morgan fingerprint density at radius 1 is 1.00 bits per heavy atom. The maximum Gasteiger partial charge on any atom is 0.503 e. The van der Waals surface area contributed by atoms with Gasteiger partial charge in [-0.15, -0.1) is 0 Å². The fourth-order valence-electron chi connectivity index (χ4n) is 1.99. The van der Waals surface area contributed by atoms with E-state index >= 15 is 0 Å². The molecule has 0 saturated carbocycles. The van der Waals surface area contributed by atoms with Gasteiger partial charge >= 0.3 is 8.80 Å². The van der Waals surface area contributed by atoms with E-state index in [1.807, 2.05) is 20.8 Å². The Kier molecular flexibility index (Phi) is 10.7. The predicted molar refractivity (Wildman–Crippen MR) is 78.9 cm³/mol. The Morgan fingerprint density at radius 3 is 1.76 bits per heavy atom. The second kappa shape index (κ2) is 10.4. The molecule has 0 radical (unpaired) electrons. The molecule has 4 nitrogen and oxygen atoms in total. The van der Waals surface area contributed by atoms with Crippen LogP contribution in [0.4, 0.5) is 0 Å². The van der Waals surface area contributed by atoms with Gasteiger partial charge in [-0.25, -0.2) is 0 Å². The lowest BCUT2D eigenvalue weighted by Gasteiger charge is -2.34. The van der Waals surface area contributed by atoms with Gasteiger partial charge in [0.05, 0.1) is 0 Å². The molecule has 0 aromatic rings. The molecule has 0 spiro atoms. The quantitative estimate of drug-likeness (QED) is 0.522. The molecule has 104 valence electrons. The summed E-state index contributed by atoms with van der Waals surface area (Å²) in [5.41, 5.74) is 0. The fourth-order valence-corrected chi connectivity index (χ4v) is 10.4. The summed E-state index contributed by atoms with van der Waals surface area (Å²) in [6, 6.07) is 0. The molecule has 0 aliphatic carbocycles. The van der Waals surface area contributed by atoms with E-state index in [2.05, 4.69) is 6.92 Å². The number of hydrogen-bond acceptors (Lipinski definition) is 4. The van der Waals surface area contributed by atoms with Gasteiger partial charge in [0.15, 0.2) is 9.76 Å². The smallest absolute Gasteiger partial charge is 0.468 e. The molecule has 0 saturated heterocycles. The SMILES string of the molecule is CCCC([SiH2]O[SiH3])[Si](OCC)(OCC)OCC. The topological polar surface area (TPSA) is 36.9 Å². The molecule has 0 fully saturated rings. The van der Waals surface area contributed by atoms with Gasteiger partial charge in [-0.3, -0.25) is 0 Å². The average Bonchev–Trinajstić information content (AvgIpc) is 2.29. The molecule has 1 unspecified atom stereocenters. The summed E-state index contributed by atoms with van der Waals surface area (Å²) in [4.78, 5) is 0. The Labute approximate surface area is 112 Å². The molecule has 0 rings (SSSR count). The van der Waals surface area contributed by atoms with Crippen LogP contribution >= 0.6 is 0 Å². The first-order valence-corrected chi connectivity index (χ1v) is 10.6. The normalized spacial score (nSPS) is 14.8. The highest BCUT2D eigenvalue weighted by molar-refractivity contribution is 6.73. The summed E-state index contributed by atoms with van der Waals surface area (Å²) >= 11 is 0. The van der Waals surface area contributed by atoms with Crippen molar-refractivity contribution in [2.45, 2.75) is 45.7 Å². The highest BCUT2D eigenvalue weighted by Gasteiger charge is 2.48. The fraction of sp³-hybridized carbons (Fsp3) is 1.00. The number of rotatable bonds is 11. The summed E-state index contributed by atoms with van der Waals surface area (Å²) in [6.07, 6.45) is 2.23. The predicted octanol–water partition coefficient (Wildman–Crippen LogP) is 0.543. The largest absolute Gasteiger partial charge is 0.503 e. The zero-order chi connectivity index (χ0) is 13.1. The van der Waals surface area contributed by atoms with Gasteiger partial charge < -0.3 is 17.4 Å². The van der Waals surface area contributed by atoms with Gasteiger partial charge in [-0.1, -0.05) is 13.3 Å². The minimum Gasteiger partial charge on any atom is -0.468 e. The van der Waals surface area contributed by atoms with Crippen molar-refractivity contribution in [1.82, 2.24) is 0 Å². The summed E-state index contributed by atoms with van der Waals surface area (Å²) in [6.45, 7) is 10.2. The maximum atomic E-state index is 5.94. The molecule has 0 aliphatic rings. The first-order chi connectivity index (χ1) is 8.20. The molecule has 0 aliphatic heterocycles. The minimum atomic E-state index is -2.51. The van der Waals surface area contributed by atoms with Gasteiger partial charge in [0, 0.05) is 25.0 Å². The van der Waals surface area contributed by atoms with Gasteiger partial charge in [0.1, 0.15) is 10.5 Å². The average molecular weight is 297 g/mol. The summed E-state index contributed by atoms with van der Waals surface area (Å²) < 4.78 is 23.4. The van der Waals surface area contributed by atoms with Crippen LogP contribution in [0.5, 0.6) is 0 Å². The van der Waals surface area contributed by atoms with Crippen LogP contribution in [0.2, 0.25) is 5.16 Å². The monoisotopic (exact) mass is 296 g/mol. The standard InChI is InChI=1S/C10H28O4Si3/c1-5-9-10(16-14-15)17(11-6-2,12-7-3)13-8-4/h10H,5-9,16H2,1-4,15H3. The summed E-state index contributed by atoms with van der Waals surface area (Å²) in [5, 5.41) is 0.407. The van der Waals surface area contributed by atoms with Crippen molar-refractivity contribution in [3.8, 4) is 0 Å². The lowest BCUT2D eigenvalue weighted by Crippen LogP contribution is -2.52. The van der Waals surface area contributed by atoms with E-state index in [-0.39, 0.29) is 0 Å². The highest BCUT2D eigenvalue weighted by atomic mass is 28.4. The molecular weight excluding hydrogens is 268 g/mol. The van der Waals surface area contributed by atoms with Crippen LogP contribution in [0.1, 0.15) is 40.5 Å². The molecule has 0 bridgehead atoms. The van der Waals surface area contributed by atoms with E-state index in [4.69, 9.17) is 17.4 Å². The molecule has 0 aromatic carbocycles.